The molecule has 0 spiro atoms. The van der Waals surface area contributed by atoms with E-state index in [1.54, 1.807) is 0 Å². The molecule has 1 unspecified atom stereocenters. The molecule has 4 heteroatoms. The number of rotatable bonds is 8. The number of fused-ring (bicyclic) bond motifs is 1. The summed E-state index contributed by atoms with van der Waals surface area (Å²) in [7, 11) is 0. The van der Waals surface area contributed by atoms with Crippen LogP contribution in [0.15, 0.2) is 24.8 Å². The summed E-state index contributed by atoms with van der Waals surface area (Å²) < 4.78 is 10.7. The van der Waals surface area contributed by atoms with Gasteiger partial charge in [0.05, 0.1) is 18.6 Å². The summed E-state index contributed by atoms with van der Waals surface area (Å²) in [6, 6.07) is 6.76. The van der Waals surface area contributed by atoms with Crippen LogP contribution in [-0.2, 0) is 20.7 Å². The fourth-order valence-electron chi connectivity index (χ4n) is 3.47. The second kappa shape index (κ2) is 6.98. The molecule has 1 aromatic rings. The van der Waals surface area contributed by atoms with Crippen LogP contribution in [-0.4, -0.2) is 25.7 Å². The number of benzene rings is 1. The number of ether oxygens (including phenoxy) is 2. The van der Waals surface area contributed by atoms with Gasteiger partial charge in [-0.25, -0.2) is 0 Å². The molecule has 0 bridgehead atoms. The van der Waals surface area contributed by atoms with Crippen molar-refractivity contribution in [2.45, 2.75) is 45.6 Å². The van der Waals surface area contributed by atoms with Gasteiger partial charge >= 0.3 is 5.97 Å². The highest BCUT2D eigenvalue weighted by Gasteiger charge is 2.51. The highest BCUT2D eigenvalue weighted by Crippen LogP contribution is 2.47. The zero-order valence-electron chi connectivity index (χ0n) is 14.7. The van der Waals surface area contributed by atoms with E-state index in [9.17, 15) is 4.79 Å². The Bertz CT molecular complexity index is 634. The van der Waals surface area contributed by atoms with Crippen LogP contribution in [0.4, 0.5) is 0 Å². The topological polar surface area (TPSA) is 47.6 Å². The lowest BCUT2D eigenvalue weighted by atomic mass is 10.0. The van der Waals surface area contributed by atoms with E-state index in [-0.39, 0.29) is 11.4 Å². The molecule has 4 nitrogen and oxygen atoms in total. The summed E-state index contributed by atoms with van der Waals surface area (Å²) in [5, 5.41) is 3.60. The summed E-state index contributed by atoms with van der Waals surface area (Å²) in [6.45, 7) is 9.62. The first kappa shape index (κ1) is 17.0. The van der Waals surface area contributed by atoms with Crippen LogP contribution in [0.3, 0.4) is 0 Å². The summed E-state index contributed by atoms with van der Waals surface area (Å²) in [5.74, 6) is 0.690. The predicted octanol–water partition coefficient (Wildman–Crippen LogP) is 3.61. The van der Waals surface area contributed by atoms with Gasteiger partial charge in [-0.1, -0.05) is 18.7 Å². The fourth-order valence-corrected chi connectivity index (χ4v) is 3.47. The molecule has 1 aromatic carbocycles. The molecule has 0 saturated heterocycles. The molecule has 0 aromatic heterocycles. The molecule has 1 N–H and O–H groups in total. The predicted molar refractivity (Wildman–Crippen MR) is 94.5 cm³/mol. The monoisotopic (exact) mass is 329 g/mol. The molecule has 130 valence electrons. The van der Waals surface area contributed by atoms with Crippen LogP contribution in [0.1, 0.15) is 55.8 Å². The van der Waals surface area contributed by atoms with Gasteiger partial charge < -0.3 is 14.8 Å². The first-order valence-corrected chi connectivity index (χ1v) is 8.95. The van der Waals surface area contributed by atoms with Crippen LogP contribution in [0.25, 0.3) is 5.76 Å². The molecule has 1 fully saturated rings. The quantitative estimate of drug-likeness (QED) is 0.584. The zero-order valence-corrected chi connectivity index (χ0v) is 14.7. The Morgan fingerprint density at radius 2 is 2.04 bits per heavy atom. The number of esters is 1. The maximum atomic E-state index is 12.1. The van der Waals surface area contributed by atoms with E-state index in [1.165, 1.54) is 11.1 Å². The first-order valence-electron chi connectivity index (χ1n) is 8.95. The Hall–Kier alpha value is -1.81. The van der Waals surface area contributed by atoms with Crippen molar-refractivity contribution >= 4 is 11.7 Å². The van der Waals surface area contributed by atoms with Gasteiger partial charge in [-0.3, -0.25) is 4.79 Å². The summed E-state index contributed by atoms with van der Waals surface area (Å²) in [5.41, 5.74) is 3.47. The number of aryl methyl sites for hydroxylation is 1. The molecule has 2 aliphatic rings. The molecule has 0 radical (unpaired) electrons. The molecule has 0 heterocycles. The zero-order chi connectivity index (χ0) is 17.2. The second-order valence-electron chi connectivity index (χ2n) is 6.74. The Morgan fingerprint density at radius 1 is 1.29 bits per heavy atom. The van der Waals surface area contributed by atoms with Gasteiger partial charge in [0.2, 0.25) is 0 Å². The van der Waals surface area contributed by atoms with Crippen LogP contribution in [0.5, 0.6) is 0 Å². The average molecular weight is 329 g/mol. The Morgan fingerprint density at radius 3 is 2.71 bits per heavy atom. The lowest BCUT2D eigenvalue weighted by molar-refractivity contribution is -0.149. The van der Waals surface area contributed by atoms with Gasteiger partial charge in [-0.15, -0.1) is 0 Å². The molecule has 1 saturated carbocycles. The number of hydrogen-bond acceptors (Lipinski definition) is 4. The van der Waals surface area contributed by atoms with Crippen LogP contribution in [0, 0.1) is 5.41 Å². The minimum atomic E-state index is -0.276. The maximum absolute atomic E-state index is 12.1. The number of carbonyl (C=O) groups excluding carboxylic acids is 1. The van der Waals surface area contributed by atoms with E-state index in [0.29, 0.717) is 25.8 Å². The molecule has 1 atom stereocenters. The number of hydrogen-bond donors (Lipinski definition) is 1. The fraction of sp³-hybridized carbons (Fsp3) is 0.550. The van der Waals surface area contributed by atoms with Crippen LogP contribution >= 0.6 is 0 Å². The maximum Gasteiger partial charge on any atom is 0.313 e. The molecule has 3 rings (SSSR count). The molecule has 0 aliphatic heterocycles. The van der Waals surface area contributed by atoms with Gasteiger partial charge in [0.15, 0.2) is 0 Å². The van der Waals surface area contributed by atoms with Gasteiger partial charge in [-0.05, 0) is 56.7 Å². The highest BCUT2D eigenvalue weighted by molar-refractivity contribution is 5.80. The van der Waals surface area contributed by atoms with Crippen molar-refractivity contribution in [3.63, 3.8) is 0 Å². The van der Waals surface area contributed by atoms with E-state index < -0.39 is 0 Å². The van der Waals surface area contributed by atoms with E-state index >= 15 is 0 Å². The standard InChI is InChI=1S/C20H27NO3/c1-4-23-14(3)15-6-8-17-16(12-15)7-9-18(17)21-13-20(10-11-20)19(22)24-5-2/h6,8,12,18,21H,3-5,7,9-11,13H2,1-2H3. The van der Waals surface area contributed by atoms with E-state index in [4.69, 9.17) is 9.47 Å². The van der Waals surface area contributed by atoms with Gasteiger partial charge in [0.25, 0.3) is 0 Å². The summed E-state index contributed by atoms with van der Waals surface area (Å²) in [4.78, 5) is 12.1. The van der Waals surface area contributed by atoms with Crippen molar-refractivity contribution in [3.8, 4) is 0 Å². The number of carbonyl (C=O) groups is 1. The van der Waals surface area contributed by atoms with E-state index in [0.717, 1.165) is 37.0 Å². The average Bonchev–Trinajstić information content (AvgIpc) is 3.27. The summed E-state index contributed by atoms with van der Waals surface area (Å²) >= 11 is 0. The van der Waals surface area contributed by atoms with Crippen molar-refractivity contribution in [3.05, 3.63) is 41.5 Å². The van der Waals surface area contributed by atoms with Crippen molar-refractivity contribution in [2.75, 3.05) is 19.8 Å². The van der Waals surface area contributed by atoms with Gasteiger partial charge in [-0.2, -0.15) is 0 Å². The smallest absolute Gasteiger partial charge is 0.313 e. The van der Waals surface area contributed by atoms with Crippen molar-refractivity contribution in [1.82, 2.24) is 5.32 Å². The Balaban J connectivity index is 1.63. The minimum Gasteiger partial charge on any atom is -0.494 e. The molecule has 2 aliphatic carbocycles. The van der Waals surface area contributed by atoms with E-state index in [2.05, 4.69) is 30.1 Å². The third kappa shape index (κ3) is 3.34. The first-order chi connectivity index (χ1) is 11.6. The largest absolute Gasteiger partial charge is 0.494 e. The normalized spacial score (nSPS) is 20.3. The molecule has 24 heavy (non-hydrogen) atoms. The molecule has 0 amide bonds. The highest BCUT2D eigenvalue weighted by atomic mass is 16.5. The second-order valence-corrected chi connectivity index (χ2v) is 6.74. The minimum absolute atomic E-state index is 0.0425. The Labute approximate surface area is 144 Å². The molecular weight excluding hydrogens is 302 g/mol. The lowest BCUT2D eigenvalue weighted by Gasteiger charge is -2.19. The van der Waals surface area contributed by atoms with Crippen molar-refractivity contribution < 1.29 is 14.3 Å². The summed E-state index contributed by atoms with van der Waals surface area (Å²) in [6.07, 6.45) is 3.99. The van der Waals surface area contributed by atoms with Crippen LogP contribution in [0.2, 0.25) is 0 Å². The van der Waals surface area contributed by atoms with Crippen molar-refractivity contribution in [2.24, 2.45) is 5.41 Å². The third-order valence-electron chi connectivity index (χ3n) is 5.11. The van der Waals surface area contributed by atoms with Gasteiger partial charge in [0, 0.05) is 18.2 Å². The third-order valence-corrected chi connectivity index (χ3v) is 5.11. The number of nitrogens with one attached hydrogen (secondary N) is 1. The SMILES string of the molecule is C=C(OCC)c1ccc2c(c1)CCC2NCC1(C(=O)OCC)CC1. The van der Waals surface area contributed by atoms with E-state index in [1.807, 2.05) is 13.8 Å². The lowest BCUT2D eigenvalue weighted by Crippen LogP contribution is -2.33. The molecular formula is C20H27NO3. The Kier molecular flexibility index (Phi) is 4.95. The van der Waals surface area contributed by atoms with Crippen molar-refractivity contribution in [1.29, 1.82) is 0 Å². The van der Waals surface area contributed by atoms with Crippen LogP contribution < -0.4 is 5.32 Å². The van der Waals surface area contributed by atoms with Gasteiger partial charge in [0.1, 0.15) is 5.76 Å².